The summed E-state index contributed by atoms with van der Waals surface area (Å²) in [4.78, 5) is 11.5. The minimum absolute atomic E-state index is 0.0930. The number of aromatic hydroxyl groups is 1. The van der Waals surface area contributed by atoms with Crippen LogP contribution in [0.2, 0.25) is 5.02 Å². The lowest BCUT2D eigenvalue weighted by molar-refractivity contribution is 0.141. The van der Waals surface area contributed by atoms with Crippen LogP contribution in [-0.4, -0.2) is 17.7 Å². The third kappa shape index (κ3) is 5.14. The summed E-state index contributed by atoms with van der Waals surface area (Å²) < 4.78 is 5.07. The van der Waals surface area contributed by atoms with Crippen LogP contribution in [0.5, 0.6) is 5.75 Å². The number of nitrogens with one attached hydrogen (secondary N) is 1. The molecule has 0 heterocycles. The maximum absolute atomic E-state index is 11.5. The van der Waals surface area contributed by atoms with Crippen molar-refractivity contribution in [2.45, 2.75) is 6.61 Å². The van der Waals surface area contributed by atoms with Crippen LogP contribution in [0.1, 0.15) is 11.1 Å². The van der Waals surface area contributed by atoms with E-state index in [1.54, 1.807) is 24.3 Å². The first-order chi connectivity index (χ1) is 10.6. The van der Waals surface area contributed by atoms with Gasteiger partial charge in [0, 0.05) is 17.1 Å². The predicted octanol–water partition coefficient (Wildman–Crippen LogP) is 3.99. The summed E-state index contributed by atoms with van der Waals surface area (Å²) in [6.07, 6.45) is 2.92. The molecular formula is C17H16ClNO3. The number of ether oxygens (including phenoxy) is 1. The number of halogens is 1. The molecule has 0 unspecified atom stereocenters. The number of alkyl carbamates (subject to hydrolysis) is 1. The highest BCUT2D eigenvalue weighted by Crippen LogP contribution is 2.22. The van der Waals surface area contributed by atoms with Crippen LogP contribution >= 0.6 is 11.6 Å². The zero-order valence-corrected chi connectivity index (χ0v) is 12.6. The standard InChI is InChI=1S/C17H16ClNO3/c18-15-9-8-14(16(20)11-15)7-4-10-19-17(21)22-12-13-5-2-1-3-6-13/h1-9,11,20H,10,12H2,(H,19,21). The number of carbonyl (C=O) groups excluding carboxylic acids is 1. The van der Waals surface area contributed by atoms with Gasteiger partial charge in [-0.25, -0.2) is 4.79 Å². The largest absolute Gasteiger partial charge is 0.507 e. The number of hydrogen-bond acceptors (Lipinski definition) is 3. The molecule has 2 rings (SSSR count). The lowest BCUT2D eigenvalue weighted by Gasteiger charge is -2.05. The van der Waals surface area contributed by atoms with Gasteiger partial charge in [0.05, 0.1) is 0 Å². The highest BCUT2D eigenvalue weighted by atomic mass is 35.5. The molecule has 114 valence electrons. The molecule has 0 aliphatic heterocycles. The summed E-state index contributed by atoms with van der Waals surface area (Å²) in [5, 5.41) is 12.7. The van der Waals surface area contributed by atoms with E-state index < -0.39 is 6.09 Å². The Morgan fingerprint density at radius 3 is 2.73 bits per heavy atom. The van der Waals surface area contributed by atoms with Gasteiger partial charge in [0.25, 0.3) is 0 Å². The monoisotopic (exact) mass is 317 g/mol. The van der Waals surface area contributed by atoms with Crippen molar-refractivity contribution in [3.8, 4) is 5.75 Å². The molecule has 4 nitrogen and oxygen atoms in total. The molecule has 1 amide bonds. The van der Waals surface area contributed by atoms with Crippen LogP contribution in [0.25, 0.3) is 6.08 Å². The van der Waals surface area contributed by atoms with Gasteiger partial charge in [0.1, 0.15) is 12.4 Å². The van der Waals surface area contributed by atoms with E-state index in [0.717, 1.165) is 5.56 Å². The molecule has 0 atom stereocenters. The summed E-state index contributed by atoms with van der Waals surface area (Å²) in [5.41, 5.74) is 1.56. The van der Waals surface area contributed by atoms with Crippen LogP contribution in [-0.2, 0) is 11.3 Å². The molecule has 0 saturated heterocycles. The van der Waals surface area contributed by atoms with Gasteiger partial charge >= 0.3 is 6.09 Å². The first-order valence-corrected chi connectivity index (χ1v) is 7.12. The fourth-order valence-electron chi connectivity index (χ4n) is 1.76. The zero-order chi connectivity index (χ0) is 15.8. The Morgan fingerprint density at radius 2 is 2.00 bits per heavy atom. The van der Waals surface area contributed by atoms with E-state index in [1.165, 1.54) is 6.07 Å². The Morgan fingerprint density at radius 1 is 1.23 bits per heavy atom. The third-order valence-corrected chi connectivity index (χ3v) is 3.10. The average molecular weight is 318 g/mol. The Bertz CT molecular complexity index is 656. The van der Waals surface area contributed by atoms with Crippen LogP contribution in [0.4, 0.5) is 4.79 Å². The van der Waals surface area contributed by atoms with Gasteiger partial charge in [-0.15, -0.1) is 0 Å². The van der Waals surface area contributed by atoms with Gasteiger partial charge in [-0.05, 0) is 23.8 Å². The van der Waals surface area contributed by atoms with Crippen molar-refractivity contribution in [3.63, 3.8) is 0 Å². The molecule has 2 aromatic rings. The second-order valence-electron chi connectivity index (χ2n) is 4.55. The van der Waals surface area contributed by atoms with Crippen LogP contribution in [0.15, 0.2) is 54.6 Å². The highest BCUT2D eigenvalue weighted by Gasteiger charge is 2.01. The third-order valence-electron chi connectivity index (χ3n) is 2.87. The number of phenolic OH excluding ortho intramolecular Hbond substituents is 1. The predicted molar refractivity (Wildman–Crippen MR) is 86.8 cm³/mol. The van der Waals surface area contributed by atoms with Crippen LogP contribution in [0.3, 0.4) is 0 Å². The van der Waals surface area contributed by atoms with E-state index in [-0.39, 0.29) is 12.4 Å². The maximum atomic E-state index is 11.5. The van der Waals surface area contributed by atoms with E-state index in [9.17, 15) is 9.90 Å². The van der Waals surface area contributed by atoms with Crippen molar-refractivity contribution in [2.24, 2.45) is 0 Å². The normalized spacial score (nSPS) is 10.6. The van der Waals surface area contributed by atoms with Crippen molar-refractivity contribution >= 4 is 23.8 Å². The molecule has 0 bridgehead atoms. The summed E-state index contributed by atoms with van der Waals surface area (Å²) in [5.74, 6) is 0.0930. The Labute approximate surface area is 134 Å². The first kappa shape index (κ1) is 15.9. The maximum Gasteiger partial charge on any atom is 0.407 e. The van der Waals surface area contributed by atoms with E-state index in [4.69, 9.17) is 16.3 Å². The number of amides is 1. The topological polar surface area (TPSA) is 58.6 Å². The average Bonchev–Trinajstić information content (AvgIpc) is 2.52. The van der Waals surface area contributed by atoms with Crippen molar-refractivity contribution in [2.75, 3.05) is 6.54 Å². The summed E-state index contributed by atoms with van der Waals surface area (Å²) in [6.45, 7) is 0.532. The molecule has 0 spiro atoms. The van der Waals surface area contributed by atoms with Gasteiger partial charge in [-0.3, -0.25) is 0 Å². The fourth-order valence-corrected chi connectivity index (χ4v) is 1.93. The number of phenols is 1. The molecule has 0 saturated carbocycles. The first-order valence-electron chi connectivity index (χ1n) is 6.75. The molecule has 2 N–H and O–H groups in total. The van der Waals surface area contributed by atoms with Crippen LogP contribution < -0.4 is 5.32 Å². The minimum atomic E-state index is -0.492. The minimum Gasteiger partial charge on any atom is -0.507 e. The van der Waals surface area contributed by atoms with Crippen molar-refractivity contribution in [1.29, 1.82) is 0 Å². The fraction of sp³-hybridized carbons (Fsp3) is 0.118. The van der Waals surface area contributed by atoms with E-state index in [0.29, 0.717) is 17.1 Å². The molecular weight excluding hydrogens is 302 g/mol. The molecule has 0 radical (unpaired) electrons. The van der Waals surface area contributed by atoms with E-state index in [1.807, 2.05) is 30.3 Å². The summed E-state index contributed by atoms with van der Waals surface area (Å²) >= 11 is 5.75. The summed E-state index contributed by atoms with van der Waals surface area (Å²) in [6, 6.07) is 14.3. The Hall–Kier alpha value is -2.46. The van der Waals surface area contributed by atoms with Crippen molar-refractivity contribution in [1.82, 2.24) is 5.32 Å². The molecule has 22 heavy (non-hydrogen) atoms. The highest BCUT2D eigenvalue weighted by molar-refractivity contribution is 6.30. The van der Waals surface area contributed by atoms with Gasteiger partial charge in [-0.2, -0.15) is 0 Å². The Kier molecular flexibility index (Phi) is 5.86. The molecule has 0 aliphatic carbocycles. The molecule has 2 aromatic carbocycles. The summed E-state index contributed by atoms with van der Waals surface area (Å²) in [7, 11) is 0. The van der Waals surface area contributed by atoms with Crippen molar-refractivity contribution in [3.05, 3.63) is 70.8 Å². The molecule has 0 fully saturated rings. The quantitative estimate of drug-likeness (QED) is 0.876. The molecule has 5 heteroatoms. The number of benzene rings is 2. The van der Waals surface area contributed by atoms with E-state index >= 15 is 0 Å². The lowest BCUT2D eigenvalue weighted by Crippen LogP contribution is -2.24. The number of carbonyl (C=O) groups is 1. The van der Waals surface area contributed by atoms with E-state index in [2.05, 4.69) is 5.32 Å². The van der Waals surface area contributed by atoms with Crippen LogP contribution in [0, 0.1) is 0 Å². The number of hydrogen-bond donors (Lipinski definition) is 2. The van der Waals surface area contributed by atoms with Gasteiger partial charge < -0.3 is 15.2 Å². The number of rotatable bonds is 5. The zero-order valence-electron chi connectivity index (χ0n) is 11.8. The van der Waals surface area contributed by atoms with Gasteiger partial charge in [-0.1, -0.05) is 54.1 Å². The second-order valence-corrected chi connectivity index (χ2v) is 4.98. The second kappa shape index (κ2) is 8.10. The molecule has 0 aromatic heterocycles. The lowest BCUT2D eigenvalue weighted by atomic mass is 10.2. The SMILES string of the molecule is O=C(NCC=Cc1ccc(Cl)cc1O)OCc1ccccc1. The molecule has 0 aliphatic rings. The van der Waals surface area contributed by atoms with Gasteiger partial charge in [0.15, 0.2) is 0 Å². The van der Waals surface area contributed by atoms with Crippen molar-refractivity contribution < 1.29 is 14.6 Å². The smallest absolute Gasteiger partial charge is 0.407 e. The van der Waals surface area contributed by atoms with Gasteiger partial charge in [0.2, 0.25) is 0 Å². The Balaban J connectivity index is 1.73.